The predicted molar refractivity (Wildman–Crippen MR) is 86.8 cm³/mol. The van der Waals surface area contributed by atoms with Gasteiger partial charge < -0.3 is 14.8 Å². The SMILES string of the molecule is COC(=O)c1ccc(OC)c(NC(=N)c2ccc(Br)s2)c1. The number of thiophene rings is 1. The molecular weight excluding hydrogens is 356 g/mol. The predicted octanol–water partition coefficient (Wildman–Crippen LogP) is 3.74. The number of hydrogen-bond acceptors (Lipinski definition) is 5. The van der Waals surface area contributed by atoms with Gasteiger partial charge in [-0.05, 0) is 46.3 Å². The van der Waals surface area contributed by atoms with Gasteiger partial charge in [-0.3, -0.25) is 5.41 Å². The monoisotopic (exact) mass is 368 g/mol. The van der Waals surface area contributed by atoms with Crippen LogP contribution in [0.2, 0.25) is 0 Å². The maximum atomic E-state index is 11.6. The summed E-state index contributed by atoms with van der Waals surface area (Å²) < 4.78 is 10.9. The van der Waals surface area contributed by atoms with E-state index in [9.17, 15) is 4.79 Å². The minimum Gasteiger partial charge on any atom is -0.495 e. The molecule has 0 bridgehead atoms. The average molecular weight is 369 g/mol. The van der Waals surface area contributed by atoms with Crippen molar-refractivity contribution in [2.24, 2.45) is 0 Å². The molecule has 0 saturated carbocycles. The van der Waals surface area contributed by atoms with Gasteiger partial charge in [0.25, 0.3) is 0 Å². The van der Waals surface area contributed by atoms with E-state index in [4.69, 9.17) is 14.9 Å². The van der Waals surface area contributed by atoms with Crippen LogP contribution in [0.25, 0.3) is 0 Å². The molecule has 0 amide bonds. The van der Waals surface area contributed by atoms with Crippen molar-refractivity contribution in [2.45, 2.75) is 0 Å². The third-order valence-corrected chi connectivity index (χ3v) is 4.34. The van der Waals surface area contributed by atoms with Crippen LogP contribution in [0.1, 0.15) is 15.2 Å². The van der Waals surface area contributed by atoms with Gasteiger partial charge in [-0.25, -0.2) is 4.79 Å². The number of benzene rings is 1. The van der Waals surface area contributed by atoms with E-state index in [0.29, 0.717) is 17.0 Å². The Balaban J connectivity index is 2.29. The second-order valence-corrected chi connectivity index (χ2v) is 6.47. The molecule has 110 valence electrons. The fourth-order valence-electron chi connectivity index (χ4n) is 1.70. The van der Waals surface area contributed by atoms with Gasteiger partial charge in [0.2, 0.25) is 0 Å². The van der Waals surface area contributed by atoms with Gasteiger partial charge >= 0.3 is 5.97 Å². The van der Waals surface area contributed by atoms with Crippen molar-refractivity contribution in [2.75, 3.05) is 19.5 Å². The van der Waals surface area contributed by atoms with Gasteiger partial charge in [0.15, 0.2) is 0 Å². The highest BCUT2D eigenvalue weighted by atomic mass is 79.9. The second kappa shape index (κ2) is 6.73. The van der Waals surface area contributed by atoms with Crippen LogP contribution in [-0.2, 0) is 4.74 Å². The summed E-state index contributed by atoms with van der Waals surface area (Å²) in [6.07, 6.45) is 0. The van der Waals surface area contributed by atoms with E-state index < -0.39 is 5.97 Å². The first-order valence-corrected chi connectivity index (χ1v) is 7.53. The van der Waals surface area contributed by atoms with Crippen molar-refractivity contribution in [3.8, 4) is 5.75 Å². The first kappa shape index (κ1) is 15.5. The number of nitrogens with one attached hydrogen (secondary N) is 2. The van der Waals surface area contributed by atoms with Crippen molar-refractivity contribution >= 4 is 44.8 Å². The van der Waals surface area contributed by atoms with Gasteiger partial charge in [0.05, 0.1) is 34.1 Å². The molecule has 1 aromatic carbocycles. The number of methoxy groups -OCH3 is 2. The maximum absolute atomic E-state index is 11.6. The van der Waals surface area contributed by atoms with Crippen LogP contribution in [-0.4, -0.2) is 26.0 Å². The van der Waals surface area contributed by atoms with E-state index in [-0.39, 0.29) is 5.84 Å². The van der Waals surface area contributed by atoms with E-state index in [1.165, 1.54) is 25.6 Å². The van der Waals surface area contributed by atoms with Crippen LogP contribution in [0, 0.1) is 5.41 Å². The summed E-state index contributed by atoms with van der Waals surface area (Å²) in [6, 6.07) is 8.58. The fourth-order valence-corrected chi connectivity index (χ4v) is 2.99. The highest BCUT2D eigenvalue weighted by molar-refractivity contribution is 9.11. The quantitative estimate of drug-likeness (QED) is 0.489. The fraction of sp³-hybridized carbons (Fsp3) is 0.143. The molecule has 2 rings (SSSR count). The lowest BCUT2D eigenvalue weighted by molar-refractivity contribution is 0.0601. The van der Waals surface area contributed by atoms with Crippen LogP contribution < -0.4 is 10.1 Å². The highest BCUT2D eigenvalue weighted by Gasteiger charge is 2.13. The number of ether oxygens (including phenoxy) is 2. The van der Waals surface area contributed by atoms with Crippen molar-refractivity contribution < 1.29 is 14.3 Å². The van der Waals surface area contributed by atoms with E-state index >= 15 is 0 Å². The molecule has 0 atom stereocenters. The standard InChI is InChI=1S/C14H13BrN2O3S/c1-19-10-4-3-8(14(18)20-2)7-9(10)17-13(16)11-5-6-12(15)21-11/h3-7H,1-2H3,(H2,16,17). The number of halogens is 1. The van der Waals surface area contributed by atoms with E-state index in [0.717, 1.165) is 8.66 Å². The molecule has 0 spiro atoms. The Labute approximate surface area is 134 Å². The molecule has 1 aromatic heterocycles. The van der Waals surface area contributed by atoms with E-state index in [1.807, 2.05) is 12.1 Å². The molecule has 21 heavy (non-hydrogen) atoms. The lowest BCUT2D eigenvalue weighted by Gasteiger charge is -2.12. The Hall–Kier alpha value is -1.86. The summed E-state index contributed by atoms with van der Waals surface area (Å²) in [5.41, 5.74) is 0.927. The summed E-state index contributed by atoms with van der Waals surface area (Å²) in [4.78, 5) is 12.3. The zero-order valence-corrected chi connectivity index (χ0v) is 13.8. The number of hydrogen-bond donors (Lipinski definition) is 2. The molecule has 0 radical (unpaired) electrons. The molecule has 0 aliphatic carbocycles. The molecule has 0 saturated heterocycles. The molecular formula is C14H13BrN2O3S. The largest absolute Gasteiger partial charge is 0.495 e. The Morgan fingerprint density at radius 1 is 1.29 bits per heavy atom. The van der Waals surface area contributed by atoms with E-state index in [2.05, 4.69) is 21.2 Å². The van der Waals surface area contributed by atoms with Gasteiger partial charge in [-0.2, -0.15) is 0 Å². The third-order valence-electron chi connectivity index (χ3n) is 2.70. The first-order chi connectivity index (χ1) is 10.0. The Morgan fingerprint density at radius 2 is 2.05 bits per heavy atom. The highest BCUT2D eigenvalue weighted by Crippen LogP contribution is 2.28. The number of anilines is 1. The topological polar surface area (TPSA) is 71.4 Å². The van der Waals surface area contributed by atoms with Crippen molar-refractivity contribution in [1.29, 1.82) is 5.41 Å². The smallest absolute Gasteiger partial charge is 0.337 e. The first-order valence-electron chi connectivity index (χ1n) is 5.92. The molecule has 0 fully saturated rings. The normalized spacial score (nSPS) is 10.0. The average Bonchev–Trinajstić information content (AvgIpc) is 2.93. The Morgan fingerprint density at radius 3 is 2.62 bits per heavy atom. The second-order valence-electron chi connectivity index (χ2n) is 4.01. The molecule has 7 heteroatoms. The number of carbonyl (C=O) groups is 1. The zero-order chi connectivity index (χ0) is 15.4. The van der Waals surface area contributed by atoms with Crippen molar-refractivity contribution in [3.05, 3.63) is 44.6 Å². The molecule has 2 N–H and O–H groups in total. The molecule has 0 unspecified atom stereocenters. The summed E-state index contributed by atoms with van der Waals surface area (Å²) in [5.74, 6) is 0.333. The molecule has 1 heterocycles. The third kappa shape index (κ3) is 3.62. The molecule has 5 nitrogen and oxygen atoms in total. The van der Waals surface area contributed by atoms with Gasteiger partial charge in [0, 0.05) is 0 Å². The van der Waals surface area contributed by atoms with Crippen LogP contribution in [0.3, 0.4) is 0 Å². The minimum absolute atomic E-state index is 0.228. The summed E-state index contributed by atoms with van der Waals surface area (Å²) in [6.45, 7) is 0. The van der Waals surface area contributed by atoms with Crippen LogP contribution in [0.4, 0.5) is 5.69 Å². The molecule has 0 aliphatic rings. The van der Waals surface area contributed by atoms with Crippen molar-refractivity contribution in [1.82, 2.24) is 0 Å². The maximum Gasteiger partial charge on any atom is 0.337 e. The number of rotatable bonds is 4. The van der Waals surface area contributed by atoms with Gasteiger partial charge in [0.1, 0.15) is 11.6 Å². The van der Waals surface area contributed by atoms with Crippen LogP contribution in [0.5, 0.6) is 5.75 Å². The lowest BCUT2D eigenvalue weighted by Crippen LogP contribution is -2.12. The Kier molecular flexibility index (Phi) is 4.98. The van der Waals surface area contributed by atoms with Crippen LogP contribution >= 0.6 is 27.3 Å². The molecule has 0 aliphatic heterocycles. The number of esters is 1. The number of amidine groups is 1. The summed E-state index contributed by atoms with van der Waals surface area (Å²) in [5, 5.41) is 11.0. The number of carbonyl (C=O) groups excluding carboxylic acids is 1. The van der Waals surface area contributed by atoms with Gasteiger partial charge in [-0.15, -0.1) is 11.3 Å². The molecule has 2 aromatic rings. The lowest BCUT2D eigenvalue weighted by atomic mass is 10.2. The van der Waals surface area contributed by atoms with Gasteiger partial charge in [-0.1, -0.05) is 0 Å². The van der Waals surface area contributed by atoms with E-state index in [1.54, 1.807) is 18.2 Å². The summed E-state index contributed by atoms with van der Waals surface area (Å²) >= 11 is 4.80. The van der Waals surface area contributed by atoms with Crippen LogP contribution in [0.15, 0.2) is 34.1 Å². The summed E-state index contributed by atoms with van der Waals surface area (Å²) in [7, 11) is 2.86. The zero-order valence-electron chi connectivity index (χ0n) is 11.4. The van der Waals surface area contributed by atoms with Crippen molar-refractivity contribution in [3.63, 3.8) is 0 Å². The minimum atomic E-state index is -0.439. The Bertz CT molecular complexity index is 685.